The van der Waals surface area contributed by atoms with E-state index in [1.165, 1.54) is 0 Å². The van der Waals surface area contributed by atoms with Crippen molar-refractivity contribution in [3.63, 3.8) is 0 Å². The van der Waals surface area contributed by atoms with Crippen molar-refractivity contribution in [1.29, 1.82) is 0 Å². The molecule has 25 heavy (non-hydrogen) atoms. The summed E-state index contributed by atoms with van der Waals surface area (Å²) in [5.41, 5.74) is 0. The zero-order valence-electron chi connectivity index (χ0n) is 14.9. The second-order valence-corrected chi connectivity index (χ2v) is 5.01. The molecule has 0 aliphatic carbocycles. The maximum atomic E-state index is 9.10. The number of methoxy groups -OCH3 is 1. The number of nitrogens with one attached hydrogen (secondary N) is 1. The molecule has 0 aromatic heterocycles. The zero-order chi connectivity index (χ0) is 19.1. The number of rotatable bonds is 10. The minimum absolute atomic E-state index is 0.552. The summed E-state index contributed by atoms with van der Waals surface area (Å²) in [6.45, 7) is 7.09. The first-order chi connectivity index (χ1) is 11.9. The largest absolute Gasteiger partial charge is 0.497 e. The minimum atomic E-state index is -1.82. The van der Waals surface area contributed by atoms with Crippen molar-refractivity contribution in [3.05, 3.63) is 24.3 Å². The topological polar surface area (TPSA) is 114 Å². The summed E-state index contributed by atoms with van der Waals surface area (Å²) in [6.07, 6.45) is 1.14. The van der Waals surface area contributed by atoms with Gasteiger partial charge in [0.1, 0.15) is 18.1 Å². The fourth-order valence-electron chi connectivity index (χ4n) is 1.53. The highest BCUT2D eigenvalue weighted by atomic mass is 16.5. The highest BCUT2D eigenvalue weighted by Crippen LogP contribution is 2.18. The molecule has 0 spiro atoms. The Bertz CT molecular complexity index is 496. The summed E-state index contributed by atoms with van der Waals surface area (Å²) >= 11 is 0. The molecule has 8 nitrogen and oxygen atoms in total. The lowest BCUT2D eigenvalue weighted by molar-refractivity contribution is -0.159. The van der Waals surface area contributed by atoms with E-state index in [9.17, 15) is 0 Å². The van der Waals surface area contributed by atoms with Gasteiger partial charge in [-0.3, -0.25) is 0 Å². The summed E-state index contributed by atoms with van der Waals surface area (Å²) in [6, 6.07) is 8.13. The van der Waals surface area contributed by atoms with Gasteiger partial charge in [-0.05, 0) is 25.5 Å². The number of benzene rings is 1. The number of carboxylic acid groups (broad SMARTS) is 2. The molecule has 0 aliphatic rings. The molecule has 0 saturated heterocycles. The molecule has 1 unspecified atom stereocenters. The standard InChI is InChI=1S/C15H25NO3.C2H2O4/c1-4-13(2)16-8-9-18-10-11-19-15-7-5-6-14(12-15)17-3;3-1(4)2(5)6/h5-7,12-13,16H,4,8-11H2,1-3H3;(H,3,4)(H,5,6). The van der Waals surface area contributed by atoms with Crippen molar-refractivity contribution < 1.29 is 34.0 Å². The number of carbonyl (C=O) groups is 2. The van der Waals surface area contributed by atoms with Crippen LogP contribution < -0.4 is 14.8 Å². The second kappa shape index (κ2) is 14.1. The molecule has 1 atom stereocenters. The lowest BCUT2D eigenvalue weighted by Gasteiger charge is -2.11. The van der Waals surface area contributed by atoms with Crippen molar-refractivity contribution in [3.8, 4) is 11.5 Å². The van der Waals surface area contributed by atoms with Gasteiger partial charge in [0.05, 0.1) is 20.3 Å². The molecular formula is C17H27NO7. The van der Waals surface area contributed by atoms with E-state index in [4.69, 9.17) is 34.0 Å². The molecule has 1 rings (SSSR count). The van der Waals surface area contributed by atoms with Gasteiger partial charge in [-0.15, -0.1) is 0 Å². The zero-order valence-corrected chi connectivity index (χ0v) is 14.9. The maximum Gasteiger partial charge on any atom is 0.414 e. The van der Waals surface area contributed by atoms with Gasteiger partial charge in [-0.1, -0.05) is 13.0 Å². The first-order valence-electron chi connectivity index (χ1n) is 7.94. The Hall–Kier alpha value is -2.32. The molecule has 0 bridgehead atoms. The van der Waals surface area contributed by atoms with Crippen molar-refractivity contribution in [2.24, 2.45) is 0 Å². The molecule has 8 heteroatoms. The van der Waals surface area contributed by atoms with E-state index < -0.39 is 11.9 Å². The Kier molecular flexibility index (Phi) is 12.8. The van der Waals surface area contributed by atoms with Crippen LogP contribution in [0.5, 0.6) is 11.5 Å². The normalized spacial score (nSPS) is 11.0. The van der Waals surface area contributed by atoms with E-state index in [1.54, 1.807) is 7.11 Å². The molecule has 0 radical (unpaired) electrons. The number of ether oxygens (including phenoxy) is 3. The van der Waals surface area contributed by atoms with E-state index >= 15 is 0 Å². The minimum Gasteiger partial charge on any atom is -0.497 e. The molecule has 0 heterocycles. The monoisotopic (exact) mass is 357 g/mol. The predicted molar refractivity (Wildman–Crippen MR) is 92.3 cm³/mol. The van der Waals surface area contributed by atoms with Gasteiger partial charge < -0.3 is 29.7 Å². The molecule has 1 aromatic carbocycles. The molecule has 3 N–H and O–H groups in total. The van der Waals surface area contributed by atoms with Gasteiger partial charge in [0.25, 0.3) is 0 Å². The fraction of sp³-hybridized carbons (Fsp3) is 0.529. The first-order valence-corrected chi connectivity index (χ1v) is 7.94. The van der Waals surface area contributed by atoms with Gasteiger partial charge in [-0.2, -0.15) is 0 Å². The fourth-order valence-corrected chi connectivity index (χ4v) is 1.53. The number of hydrogen-bond donors (Lipinski definition) is 3. The lowest BCUT2D eigenvalue weighted by atomic mass is 10.3. The number of hydrogen-bond acceptors (Lipinski definition) is 6. The third-order valence-electron chi connectivity index (χ3n) is 3.07. The van der Waals surface area contributed by atoms with Crippen molar-refractivity contribution >= 4 is 11.9 Å². The third-order valence-corrected chi connectivity index (χ3v) is 3.07. The molecule has 0 saturated carbocycles. The predicted octanol–water partition coefficient (Wildman–Crippen LogP) is 1.63. The summed E-state index contributed by atoms with van der Waals surface area (Å²) in [5.74, 6) is -2.04. The second-order valence-electron chi connectivity index (χ2n) is 5.01. The molecular weight excluding hydrogens is 330 g/mol. The van der Waals surface area contributed by atoms with Gasteiger partial charge in [0.2, 0.25) is 0 Å². The van der Waals surface area contributed by atoms with Crippen LogP contribution in [0.4, 0.5) is 0 Å². The molecule has 1 aromatic rings. The molecule has 0 fully saturated rings. The van der Waals surface area contributed by atoms with Crippen LogP contribution in [0.25, 0.3) is 0 Å². The van der Waals surface area contributed by atoms with Crippen LogP contribution in [0, 0.1) is 0 Å². The molecule has 0 aliphatic heterocycles. The average molecular weight is 357 g/mol. The number of carboxylic acids is 2. The van der Waals surface area contributed by atoms with Gasteiger partial charge >= 0.3 is 11.9 Å². The van der Waals surface area contributed by atoms with Crippen LogP contribution in [-0.4, -0.2) is 61.7 Å². The molecule has 142 valence electrons. The van der Waals surface area contributed by atoms with Crippen molar-refractivity contribution in [1.82, 2.24) is 5.32 Å². The SMILES string of the molecule is CCC(C)NCCOCCOc1cccc(OC)c1.O=C(O)C(=O)O. The highest BCUT2D eigenvalue weighted by molar-refractivity contribution is 6.27. The van der Waals surface area contributed by atoms with Crippen molar-refractivity contribution in [2.45, 2.75) is 26.3 Å². The first kappa shape index (κ1) is 22.7. The van der Waals surface area contributed by atoms with E-state index in [0.29, 0.717) is 25.9 Å². The third kappa shape index (κ3) is 12.7. The Morgan fingerprint density at radius 1 is 1.12 bits per heavy atom. The van der Waals surface area contributed by atoms with Crippen LogP contribution in [0.2, 0.25) is 0 Å². The quantitative estimate of drug-likeness (QED) is 0.428. The van der Waals surface area contributed by atoms with E-state index in [2.05, 4.69) is 19.2 Å². The van der Waals surface area contributed by atoms with E-state index in [1.807, 2.05) is 24.3 Å². The maximum absolute atomic E-state index is 9.10. The number of aliphatic carboxylic acids is 2. The van der Waals surface area contributed by atoms with Crippen LogP contribution >= 0.6 is 0 Å². The summed E-state index contributed by atoms with van der Waals surface area (Å²) < 4.78 is 16.2. The average Bonchev–Trinajstić information content (AvgIpc) is 2.61. The summed E-state index contributed by atoms with van der Waals surface area (Å²) in [4.78, 5) is 18.2. The van der Waals surface area contributed by atoms with Crippen LogP contribution in [0.1, 0.15) is 20.3 Å². The van der Waals surface area contributed by atoms with E-state index in [-0.39, 0.29) is 0 Å². The summed E-state index contributed by atoms with van der Waals surface area (Å²) in [7, 11) is 1.65. The summed E-state index contributed by atoms with van der Waals surface area (Å²) in [5, 5.41) is 18.2. The molecule has 0 amide bonds. The van der Waals surface area contributed by atoms with Crippen LogP contribution in [-0.2, 0) is 14.3 Å². The smallest absolute Gasteiger partial charge is 0.414 e. The van der Waals surface area contributed by atoms with Gasteiger partial charge in [0.15, 0.2) is 0 Å². The Morgan fingerprint density at radius 2 is 1.76 bits per heavy atom. The van der Waals surface area contributed by atoms with Gasteiger partial charge in [0, 0.05) is 18.7 Å². The lowest BCUT2D eigenvalue weighted by Crippen LogP contribution is -2.29. The Morgan fingerprint density at radius 3 is 2.32 bits per heavy atom. The Labute approximate surface area is 147 Å². The highest BCUT2D eigenvalue weighted by Gasteiger charge is 2.04. The van der Waals surface area contributed by atoms with Gasteiger partial charge in [-0.25, -0.2) is 9.59 Å². The van der Waals surface area contributed by atoms with E-state index in [0.717, 1.165) is 24.5 Å². The van der Waals surface area contributed by atoms with Crippen molar-refractivity contribution in [2.75, 3.05) is 33.5 Å². The Balaban J connectivity index is 0.000000823. The van der Waals surface area contributed by atoms with Crippen LogP contribution in [0.3, 0.4) is 0 Å². The van der Waals surface area contributed by atoms with Crippen LogP contribution in [0.15, 0.2) is 24.3 Å².